The Bertz CT molecular complexity index is 718. The third-order valence-electron chi connectivity index (χ3n) is 3.37. The summed E-state index contributed by atoms with van der Waals surface area (Å²) in [6, 6.07) is 7.30. The van der Waals surface area contributed by atoms with Crippen LogP contribution >= 0.6 is 0 Å². The fraction of sp³-hybridized carbons (Fsp3) is 0.312. The first kappa shape index (κ1) is 15.1. The van der Waals surface area contributed by atoms with E-state index in [0.29, 0.717) is 24.0 Å². The van der Waals surface area contributed by atoms with Crippen molar-refractivity contribution in [1.82, 2.24) is 15.3 Å². The number of amides is 1. The van der Waals surface area contributed by atoms with Gasteiger partial charge in [0.25, 0.3) is 0 Å². The SMILES string of the molecule is CN(C)c1nccc(CNC(=O)Cc2ccc3c(c2)OCO3)n1. The average molecular weight is 314 g/mol. The Morgan fingerprint density at radius 1 is 1.26 bits per heavy atom. The number of ether oxygens (including phenoxy) is 2. The zero-order valence-corrected chi connectivity index (χ0v) is 13.1. The molecule has 1 aliphatic rings. The smallest absolute Gasteiger partial charge is 0.231 e. The molecule has 0 saturated heterocycles. The molecule has 2 heterocycles. The van der Waals surface area contributed by atoms with Gasteiger partial charge in [-0.15, -0.1) is 0 Å². The number of hydrogen-bond donors (Lipinski definition) is 1. The second-order valence-corrected chi connectivity index (χ2v) is 5.38. The van der Waals surface area contributed by atoms with Crippen LogP contribution in [0.1, 0.15) is 11.3 Å². The number of anilines is 1. The van der Waals surface area contributed by atoms with E-state index in [1.54, 1.807) is 12.3 Å². The second-order valence-electron chi connectivity index (χ2n) is 5.38. The summed E-state index contributed by atoms with van der Waals surface area (Å²) in [6.45, 7) is 0.597. The molecule has 0 fully saturated rings. The lowest BCUT2D eigenvalue weighted by molar-refractivity contribution is -0.120. The molecule has 0 saturated carbocycles. The minimum absolute atomic E-state index is 0.0751. The molecular formula is C16H18N4O3. The van der Waals surface area contributed by atoms with Gasteiger partial charge in [-0.25, -0.2) is 9.97 Å². The van der Waals surface area contributed by atoms with Gasteiger partial charge >= 0.3 is 0 Å². The van der Waals surface area contributed by atoms with Crippen molar-refractivity contribution in [3.05, 3.63) is 41.7 Å². The predicted molar refractivity (Wildman–Crippen MR) is 84.5 cm³/mol. The zero-order chi connectivity index (χ0) is 16.2. The van der Waals surface area contributed by atoms with Crippen molar-refractivity contribution in [2.45, 2.75) is 13.0 Å². The Morgan fingerprint density at radius 2 is 2.09 bits per heavy atom. The topological polar surface area (TPSA) is 76.6 Å². The van der Waals surface area contributed by atoms with Gasteiger partial charge in [0.15, 0.2) is 11.5 Å². The Hall–Kier alpha value is -2.83. The van der Waals surface area contributed by atoms with Crippen LogP contribution in [0.4, 0.5) is 5.95 Å². The van der Waals surface area contributed by atoms with Gasteiger partial charge in [0, 0.05) is 20.3 Å². The van der Waals surface area contributed by atoms with E-state index in [0.717, 1.165) is 11.3 Å². The zero-order valence-electron chi connectivity index (χ0n) is 13.1. The predicted octanol–water partition coefficient (Wildman–Crippen LogP) is 1.13. The van der Waals surface area contributed by atoms with E-state index in [9.17, 15) is 4.79 Å². The maximum absolute atomic E-state index is 12.1. The fourth-order valence-electron chi connectivity index (χ4n) is 2.19. The molecule has 0 bridgehead atoms. The van der Waals surface area contributed by atoms with Gasteiger partial charge in [-0.2, -0.15) is 0 Å². The van der Waals surface area contributed by atoms with Crippen LogP contribution < -0.4 is 19.7 Å². The molecule has 23 heavy (non-hydrogen) atoms. The first-order valence-corrected chi connectivity index (χ1v) is 7.26. The van der Waals surface area contributed by atoms with Gasteiger partial charge in [0.2, 0.25) is 18.6 Å². The highest BCUT2D eigenvalue weighted by Crippen LogP contribution is 2.32. The third-order valence-corrected chi connectivity index (χ3v) is 3.37. The molecule has 7 heteroatoms. The molecule has 1 aromatic heterocycles. The van der Waals surface area contributed by atoms with E-state index in [4.69, 9.17) is 9.47 Å². The van der Waals surface area contributed by atoms with Gasteiger partial charge in [-0.1, -0.05) is 6.07 Å². The van der Waals surface area contributed by atoms with Crippen LogP contribution in [0, 0.1) is 0 Å². The van der Waals surface area contributed by atoms with Crippen molar-refractivity contribution in [3.8, 4) is 11.5 Å². The highest BCUT2D eigenvalue weighted by Gasteiger charge is 2.14. The van der Waals surface area contributed by atoms with Gasteiger partial charge in [0.1, 0.15) is 0 Å². The Kier molecular flexibility index (Phi) is 4.27. The number of hydrogen-bond acceptors (Lipinski definition) is 6. The summed E-state index contributed by atoms with van der Waals surface area (Å²) >= 11 is 0. The molecule has 120 valence electrons. The molecule has 1 N–H and O–H groups in total. The van der Waals surface area contributed by atoms with Crippen LogP contribution in [0.25, 0.3) is 0 Å². The molecule has 0 spiro atoms. The van der Waals surface area contributed by atoms with Crippen LogP contribution in [0.15, 0.2) is 30.5 Å². The maximum atomic E-state index is 12.1. The highest BCUT2D eigenvalue weighted by molar-refractivity contribution is 5.78. The largest absolute Gasteiger partial charge is 0.454 e. The summed E-state index contributed by atoms with van der Waals surface area (Å²) in [6.07, 6.45) is 1.96. The van der Waals surface area contributed by atoms with Gasteiger partial charge < -0.3 is 19.7 Å². The summed E-state index contributed by atoms with van der Waals surface area (Å²) in [5, 5.41) is 2.86. The molecular weight excluding hydrogens is 296 g/mol. The second kappa shape index (κ2) is 6.51. The first-order chi connectivity index (χ1) is 11.1. The van der Waals surface area contributed by atoms with Crippen molar-refractivity contribution >= 4 is 11.9 Å². The van der Waals surface area contributed by atoms with Crippen molar-refractivity contribution in [3.63, 3.8) is 0 Å². The molecule has 2 aromatic rings. The molecule has 0 radical (unpaired) electrons. The van der Waals surface area contributed by atoms with Gasteiger partial charge in [-0.3, -0.25) is 4.79 Å². The molecule has 0 atom stereocenters. The van der Waals surface area contributed by atoms with Crippen LogP contribution in [0.3, 0.4) is 0 Å². The maximum Gasteiger partial charge on any atom is 0.231 e. The minimum Gasteiger partial charge on any atom is -0.454 e. The number of fused-ring (bicyclic) bond motifs is 1. The van der Waals surface area contributed by atoms with Crippen molar-refractivity contribution in [1.29, 1.82) is 0 Å². The molecule has 0 aliphatic carbocycles. The standard InChI is InChI=1S/C16H18N4O3/c1-20(2)16-17-6-5-12(19-16)9-18-15(21)8-11-3-4-13-14(7-11)23-10-22-13/h3-7H,8-10H2,1-2H3,(H,18,21). The van der Waals surface area contributed by atoms with Crippen LogP contribution in [-0.2, 0) is 17.8 Å². The molecule has 1 aromatic carbocycles. The number of aromatic nitrogens is 2. The van der Waals surface area contributed by atoms with E-state index in [-0.39, 0.29) is 19.1 Å². The quantitative estimate of drug-likeness (QED) is 0.891. The lowest BCUT2D eigenvalue weighted by Gasteiger charge is -2.11. The van der Waals surface area contributed by atoms with E-state index in [1.165, 1.54) is 0 Å². The Labute approximate surface area is 134 Å². The normalized spacial score (nSPS) is 12.1. The van der Waals surface area contributed by atoms with E-state index >= 15 is 0 Å². The van der Waals surface area contributed by atoms with E-state index in [1.807, 2.05) is 37.2 Å². The van der Waals surface area contributed by atoms with Crippen LogP contribution in [0.2, 0.25) is 0 Å². The molecule has 1 amide bonds. The van der Waals surface area contributed by atoms with E-state index in [2.05, 4.69) is 15.3 Å². The number of nitrogens with zero attached hydrogens (tertiary/aromatic N) is 3. The van der Waals surface area contributed by atoms with Gasteiger partial charge in [0.05, 0.1) is 18.7 Å². The minimum atomic E-state index is -0.0751. The summed E-state index contributed by atoms with van der Waals surface area (Å²) in [7, 11) is 3.74. The fourth-order valence-corrected chi connectivity index (χ4v) is 2.19. The van der Waals surface area contributed by atoms with Gasteiger partial charge in [-0.05, 0) is 23.8 Å². The van der Waals surface area contributed by atoms with E-state index < -0.39 is 0 Å². The Balaban J connectivity index is 1.56. The molecule has 7 nitrogen and oxygen atoms in total. The van der Waals surface area contributed by atoms with Crippen molar-refractivity contribution < 1.29 is 14.3 Å². The van der Waals surface area contributed by atoms with Crippen LogP contribution in [-0.4, -0.2) is 36.8 Å². The van der Waals surface area contributed by atoms with Crippen LogP contribution in [0.5, 0.6) is 11.5 Å². The van der Waals surface area contributed by atoms with Crippen molar-refractivity contribution in [2.75, 3.05) is 25.8 Å². The van der Waals surface area contributed by atoms with Crippen molar-refractivity contribution in [2.24, 2.45) is 0 Å². The Morgan fingerprint density at radius 3 is 2.91 bits per heavy atom. The average Bonchev–Trinajstić information content (AvgIpc) is 3.01. The lowest BCUT2D eigenvalue weighted by Crippen LogP contribution is -2.25. The lowest BCUT2D eigenvalue weighted by atomic mass is 10.1. The highest BCUT2D eigenvalue weighted by atomic mass is 16.7. The summed E-state index contributed by atoms with van der Waals surface area (Å²) in [5.74, 6) is 1.94. The number of nitrogens with one attached hydrogen (secondary N) is 1. The monoisotopic (exact) mass is 314 g/mol. The summed E-state index contributed by atoms with van der Waals surface area (Å²) < 4.78 is 10.6. The molecule has 0 unspecified atom stereocenters. The molecule has 1 aliphatic heterocycles. The molecule has 3 rings (SSSR count). The first-order valence-electron chi connectivity index (χ1n) is 7.26. The number of carbonyl (C=O) groups excluding carboxylic acids is 1. The number of carbonyl (C=O) groups is 1. The summed E-state index contributed by atoms with van der Waals surface area (Å²) in [4.78, 5) is 22.4. The number of benzene rings is 1. The number of rotatable bonds is 5. The third kappa shape index (κ3) is 3.68. The summed E-state index contributed by atoms with van der Waals surface area (Å²) in [5.41, 5.74) is 1.64.